The molecule has 0 spiro atoms. The van der Waals surface area contributed by atoms with E-state index in [9.17, 15) is 0 Å². The molecule has 6 heteroatoms. The lowest BCUT2D eigenvalue weighted by Gasteiger charge is -2.11. The maximum atomic E-state index is 5.74. The fraction of sp³-hybridized carbons (Fsp3) is 0.222. The molecule has 0 aliphatic rings. The molecule has 0 unspecified atom stereocenters. The molecule has 24 heavy (non-hydrogen) atoms. The summed E-state index contributed by atoms with van der Waals surface area (Å²) in [5, 5.41) is 0.818. The van der Waals surface area contributed by atoms with Crippen molar-refractivity contribution in [3.8, 4) is 28.5 Å². The normalized spacial score (nSPS) is 10.6. The Hall–Kier alpha value is -3.02. The fourth-order valence-electron chi connectivity index (χ4n) is 2.56. The molecule has 0 aliphatic heterocycles. The van der Waals surface area contributed by atoms with Crippen LogP contribution in [0.5, 0.6) is 17.4 Å². The van der Waals surface area contributed by atoms with Gasteiger partial charge in [-0.25, -0.2) is 4.98 Å². The molecule has 3 aromatic rings. The number of nitrogens with zero attached hydrogens (tertiary/aromatic N) is 2. The van der Waals surface area contributed by atoms with Gasteiger partial charge in [0.15, 0.2) is 11.5 Å². The second kappa shape index (κ2) is 6.62. The SMILES string of the molecule is CCOc1nc(N)nc2ccc(-c3ccc(OC)c(OC)c3)cc12. The summed E-state index contributed by atoms with van der Waals surface area (Å²) in [4.78, 5) is 8.44. The van der Waals surface area contributed by atoms with Crippen molar-refractivity contribution in [2.45, 2.75) is 6.92 Å². The standard InChI is InChI=1S/C18H19N3O3/c1-4-24-17-13-9-11(5-7-14(13)20-18(19)21-17)12-6-8-15(22-2)16(10-12)23-3/h5-10H,4H2,1-3H3,(H2,19,20,21). The average molecular weight is 325 g/mol. The Labute approximate surface area is 140 Å². The lowest BCUT2D eigenvalue weighted by molar-refractivity contribution is 0.331. The van der Waals surface area contributed by atoms with E-state index in [0.29, 0.717) is 24.0 Å². The Morgan fingerprint density at radius 1 is 0.917 bits per heavy atom. The van der Waals surface area contributed by atoms with Gasteiger partial charge in [0.25, 0.3) is 0 Å². The van der Waals surface area contributed by atoms with E-state index >= 15 is 0 Å². The van der Waals surface area contributed by atoms with E-state index in [0.717, 1.165) is 22.0 Å². The van der Waals surface area contributed by atoms with Gasteiger partial charge in [-0.1, -0.05) is 12.1 Å². The topological polar surface area (TPSA) is 79.5 Å². The molecular formula is C18H19N3O3. The van der Waals surface area contributed by atoms with Gasteiger partial charge in [-0.05, 0) is 42.3 Å². The molecule has 3 rings (SSSR count). The predicted octanol–water partition coefficient (Wildman–Crippen LogP) is 3.29. The Bertz CT molecular complexity index is 881. The maximum Gasteiger partial charge on any atom is 0.226 e. The van der Waals surface area contributed by atoms with Gasteiger partial charge in [-0.15, -0.1) is 0 Å². The van der Waals surface area contributed by atoms with E-state index in [1.807, 2.05) is 43.3 Å². The van der Waals surface area contributed by atoms with Crippen LogP contribution in [0.1, 0.15) is 6.92 Å². The monoisotopic (exact) mass is 325 g/mol. The van der Waals surface area contributed by atoms with Crippen molar-refractivity contribution in [2.24, 2.45) is 0 Å². The summed E-state index contributed by atoms with van der Waals surface area (Å²) in [6, 6.07) is 11.6. The number of rotatable bonds is 5. The summed E-state index contributed by atoms with van der Waals surface area (Å²) in [7, 11) is 3.23. The number of anilines is 1. The van der Waals surface area contributed by atoms with Crippen LogP contribution in [0.4, 0.5) is 5.95 Å². The fourth-order valence-corrected chi connectivity index (χ4v) is 2.56. The van der Waals surface area contributed by atoms with Crippen LogP contribution in [0, 0.1) is 0 Å². The average Bonchev–Trinajstić information content (AvgIpc) is 2.61. The minimum Gasteiger partial charge on any atom is -0.493 e. The third-order valence-corrected chi connectivity index (χ3v) is 3.68. The van der Waals surface area contributed by atoms with E-state index in [2.05, 4.69) is 9.97 Å². The van der Waals surface area contributed by atoms with E-state index in [-0.39, 0.29) is 5.95 Å². The molecular weight excluding hydrogens is 306 g/mol. The number of aromatic nitrogens is 2. The van der Waals surface area contributed by atoms with Gasteiger partial charge in [0.05, 0.1) is 31.7 Å². The summed E-state index contributed by atoms with van der Waals surface area (Å²) in [6.07, 6.45) is 0. The highest BCUT2D eigenvalue weighted by Gasteiger charge is 2.11. The highest BCUT2D eigenvalue weighted by molar-refractivity contribution is 5.89. The number of fused-ring (bicyclic) bond motifs is 1. The number of hydrogen-bond donors (Lipinski definition) is 1. The highest BCUT2D eigenvalue weighted by Crippen LogP contribution is 2.34. The van der Waals surface area contributed by atoms with E-state index in [1.165, 1.54) is 0 Å². The molecule has 0 saturated carbocycles. The summed E-state index contributed by atoms with van der Waals surface area (Å²) in [5.74, 6) is 2.05. The molecule has 0 fully saturated rings. The zero-order chi connectivity index (χ0) is 17.1. The first-order valence-corrected chi connectivity index (χ1v) is 7.58. The van der Waals surface area contributed by atoms with E-state index in [4.69, 9.17) is 19.9 Å². The molecule has 0 radical (unpaired) electrons. The Morgan fingerprint density at radius 3 is 2.33 bits per heavy atom. The molecule has 124 valence electrons. The van der Waals surface area contributed by atoms with Crippen LogP contribution < -0.4 is 19.9 Å². The van der Waals surface area contributed by atoms with Gasteiger partial charge in [-0.2, -0.15) is 4.98 Å². The Balaban J connectivity index is 2.13. The molecule has 0 bridgehead atoms. The number of hydrogen-bond acceptors (Lipinski definition) is 6. The molecule has 1 heterocycles. The quantitative estimate of drug-likeness (QED) is 0.775. The summed E-state index contributed by atoms with van der Waals surface area (Å²) in [6.45, 7) is 2.41. The molecule has 2 aromatic carbocycles. The van der Waals surface area contributed by atoms with Gasteiger partial charge >= 0.3 is 0 Å². The first-order chi connectivity index (χ1) is 11.7. The third kappa shape index (κ3) is 2.90. The van der Waals surface area contributed by atoms with Crippen LogP contribution in [0.15, 0.2) is 36.4 Å². The third-order valence-electron chi connectivity index (χ3n) is 3.68. The molecule has 2 N–H and O–H groups in total. The Morgan fingerprint density at radius 2 is 1.62 bits per heavy atom. The number of nitrogens with two attached hydrogens (primary N) is 1. The summed E-state index contributed by atoms with van der Waals surface area (Å²) in [5.41, 5.74) is 8.48. The molecule has 6 nitrogen and oxygen atoms in total. The van der Waals surface area contributed by atoms with Crippen LogP contribution in [-0.2, 0) is 0 Å². The first kappa shape index (κ1) is 15.9. The second-order valence-electron chi connectivity index (χ2n) is 5.12. The zero-order valence-corrected chi connectivity index (χ0v) is 13.9. The van der Waals surface area contributed by atoms with Crippen molar-refractivity contribution in [1.29, 1.82) is 0 Å². The molecule has 0 atom stereocenters. The maximum absolute atomic E-state index is 5.74. The van der Waals surface area contributed by atoms with Gasteiger partial charge in [0, 0.05) is 0 Å². The molecule has 1 aromatic heterocycles. The number of nitrogen functional groups attached to an aromatic ring is 1. The smallest absolute Gasteiger partial charge is 0.226 e. The second-order valence-corrected chi connectivity index (χ2v) is 5.12. The lowest BCUT2D eigenvalue weighted by Crippen LogP contribution is -2.01. The van der Waals surface area contributed by atoms with Crippen LogP contribution in [-0.4, -0.2) is 30.8 Å². The largest absolute Gasteiger partial charge is 0.493 e. The summed E-state index contributed by atoms with van der Waals surface area (Å²) < 4.78 is 16.3. The van der Waals surface area contributed by atoms with Crippen LogP contribution in [0.25, 0.3) is 22.0 Å². The zero-order valence-electron chi connectivity index (χ0n) is 13.9. The van der Waals surface area contributed by atoms with Crippen molar-refractivity contribution in [3.63, 3.8) is 0 Å². The number of ether oxygens (including phenoxy) is 3. The van der Waals surface area contributed by atoms with Crippen LogP contribution >= 0.6 is 0 Å². The van der Waals surface area contributed by atoms with Crippen LogP contribution in [0.3, 0.4) is 0 Å². The molecule has 0 amide bonds. The summed E-state index contributed by atoms with van der Waals surface area (Å²) >= 11 is 0. The first-order valence-electron chi connectivity index (χ1n) is 7.58. The highest BCUT2D eigenvalue weighted by atomic mass is 16.5. The van der Waals surface area contributed by atoms with Crippen molar-refractivity contribution in [2.75, 3.05) is 26.6 Å². The molecule has 0 saturated heterocycles. The number of methoxy groups -OCH3 is 2. The van der Waals surface area contributed by atoms with Gasteiger partial charge in [-0.3, -0.25) is 0 Å². The van der Waals surface area contributed by atoms with E-state index < -0.39 is 0 Å². The minimum absolute atomic E-state index is 0.199. The Kier molecular flexibility index (Phi) is 4.37. The van der Waals surface area contributed by atoms with Gasteiger partial charge < -0.3 is 19.9 Å². The van der Waals surface area contributed by atoms with Crippen LogP contribution in [0.2, 0.25) is 0 Å². The van der Waals surface area contributed by atoms with Crippen molar-refractivity contribution in [3.05, 3.63) is 36.4 Å². The number of benzene rings is 2. The molecule has 0 aliphatic carbocycles. The van der Waals surface area contributed by atoms with Gasteiger partial charge in [0.1, 0.15) is 0 Å². The van der Waals surface area contributed by atoms with Gasteiger partial charge in [0.2, 0.25) is 11.8 Å². The van der Waals surface area contributed by atoms with Crippen molar-refractivity contribution < 1.29 is 14.2 Å². The van der Waals surface area contributed by atoms with Crippen molar-refractivity contribution in [1.82, 2.24) is 9.97 Å². The minimum atomic E-state index is 0.199. The van der Waals surface area contributed by atoms with Crippen molar-refractivity contribution >= 4 is 16.9 Å². The lowest BCUT2D eigenvalue weighted by atomic mass is 10.0. The predicted molar refractivity (Wildman–Crippen MR) is 93.7 cm³/mol. The van der Waals surface area contributed by atoms with E-state index in [1.54, 1.807) is 14.2 Å².